The summed E-state index contributed by atoms with van der Waals surface area (Å²) in [6, 6.07) is 5.31. The van der Waals surface area contributed by atoms with E-state index >= 15 is 0 Å². The lowest BCUT2D eigenvalue weighted by Crippen LogP contribution is -2.52. The molecule has 3 rings (SSSR count). The SMILES string of the molecule is COC(=O)[C@H]1C(=CN2CCCC2)NC(=O)N[C@@H]1c1cc(C)ccc1C. The van der Waals surface area contributed by atoms with Crippen LogP contribution in [0.3, 0.4) is 0 Å². The quantitative estimate of drug-likeness (QED) is 0.827. The summed E-state index contributed by atoms with van der Waals surface area (Å²) in [4.78, 5) is 27.0. The number of hydrogen-bond donors (Lipinski definition) is 2. The van der Waals surface area contributed by atoms with Crippen molar-refractivity contribution >= 4 is 12.0 Å². The van der Waals surface area contributed by atoms with E-state index in [1.807, 2.05) is 38.2 Å². The predicted molar refractivity (Wildman–Crippen MR) is 94.7 cm³/mol. The molecule has 0 aromatic heterocycles. The maximum atomic E-state index is 12.6. The number of carbonyl (C=O) groups is 2. The van der Waals surface area contributed by atoms with Gasteiger partial charge in [0.15, 0.2) is 0 Å². The van der Waals surface area contributed by atoms with Crippen LogP contribution in [-0.4, -0.2) is 37.1 Å². The van der Waals surface area contributed by atoms with E-state index in [1.165, 1.54) is 7.11 Å². The molecule has 0 aliphatic carbocycles. The van der Waals surface area contributed by atoms with E-state index in [2.05, 4.69) is 15.5 Å². The highest BCUT2D eigenvalue weighted by Gasteiger charge is 2.40. The normalized spacial score (nSPS) is 24.8. The van der Waals surface area contributed by atoms with E-state index in [9.17, 15) is 9.59 Å². The summed E-state index contributed by atoms with van der Waals surface area (Å²) >= 11 is 0. The summed E-state index contributed by atoms with van der Waals surface area (Å²) in [6.07, 6.45) is 4.16. The number of aryl methyl sites for hydroxylation is 2. The minimum atomic E-state index is -0.594. The Bertz CT molecular complexity index is 708. The molecule has 0 bridgehead atoms. The number of benzene rings is 1. The van der Waals surface area contributed by atoms with Crippen LogP contribution in [-0.2, 0) is 9.53 Å². The largest absolute Gasteiger partial charge is 0.468 e. The zero-order valence-electron chi connectivity index (χ0n) is 15.0. The molecular weight excluding hydrogens is 318 g/mol. The monoisotopic (exact) mass is 343 g/mol. The molecule has 2 atom stereocenters. The van der Waals surface area contributed by atoms with Gasteiger partial charge in [0, 0.05) is 19.3 Å². The highest BCUT2D eigenvalue weighted by molar-refractivity contribution is 5.85. The van der Waals surface area contributed by atoms with Crippen molar-refractivity contribution in [1.29, 1.82) is 0 Å². The van der Waals surface area contributed by atoms with Crippen molar-refractivity contribution in [2.75, 3.05) is 20.2 Å². The van der Waals surface area contributed by atoms with Crippen LogP contribution in [0.25, 0.3) is 0 Å². The zero-order chi connectivity index (χ0) is 18.0. The molecule has 134 valence electrons. The highest BCUT2D eigenvalue weighted by atomic mass is 16.5. The topological polar surface area (TPSA) is 70.7 Å². The zero-order valence-corrected chi connectivity index (χ0v) is 15.0. The lowest BCUT2D eigenvalue weighted by molar-refractivity contribution is -0.145. The van der Waals surface area contributed by atoms with E-state index in [1.54, 1.807) is 0 Å². The van der Waals surface area contributed by atoms with Gasteiger partial charge in [0.25, 0.3) is 0 Å². The van der Waals surface area contributed by atoms with Crippen LogP contribution in [0.4, 0.5) is 4.79 Å². The highest BCUT2D eigenvalue weighted by Crippen LogP contribution is 2.33. The number of nitrogens with one attached hydrogen (secondary N) is 2. The molecule has 6 nitrogen and oxygen atoms in total. The summed E-state index contributed by atoms with van der Waals surface area (Å²) in [5.74, 6) is -0.951. The van der Waals surface area contributed by atoms with Crippen molar-refractivity contribution in [2.45, 2.75) is 32.7 Å². The third kappa shape index (κ3) is 3.62. The Morgan fingerprint density at radius 2 is 2.00 bits per heavy atom. The van der Waals surface area contributed by atoms with E-state index in [-0.39, 0.29) is 12.0 Å². The number of likely N-dealkylation sites (tertiary alicyclic amines) is 1. The Balaban J connectivity index is 2.03. The number of ether oxygens (including phenoxy) is 1. The Hall–Kier alpha value is -2.50. The third-order valence-electron chi connectivity index (χ3n) is 4.90. The van der Waals surface area contributed by atoms with Gasteiger partial charge in [-0.05, 0) is 37.8 Å². The van der Waals surface area contributed by atoms with Crippen LogP contribution < -0.4 is 10.6 Å². The average Bonchev–Trinajstić information content (AvgIpc) is 3.09. The third-order valence-corrected chi connectivity index (χ3v) is 4.90. The van der Waals surface area contributed by atoms with Gasteiger partial charge >= 0.3 is 12.0 Å². The molecule has 2 heterocycles. The fourth-order valence-electron chi connectivity index (χ4n) is 3.57. The lowest BCUT2D eigenvalue weighted by Gasteiger charge is -2.35. The second-order valence-corrected chi connectivity index (χ2v) is 6.76. The molecule has 1 aromatic carbocycles. The van der Waals surface area contributed by atoms with Crippen LogP contribution in [0.2, 0.25) is 0 Å². The van der Waals surface area contributed by atoms with Gasteiger partial charge in [-0.3, -0.25) is 4.79 Å². The van der Waals surface area contributed by atoms with Gasteiger partial charge in [0.2, 0.25) is 0 Å². The second-order valence-electron chi connectivity index (χ2n) is 6.76. The molecule has 2 N–H and O–H groups in total. The van der Waals surface area contributed by atoms with Gasteiger partial charge in [-0.25, -0.2) is 4.79 Å². The summed E-state index contributed by atoms with van der Waals surface area (Å²) in [5.41, 5.74) is 3.66. The van der Waals surface area contributed by atoms with Crippen molar-refractivity contribution in [3.05, 3.63) is 46.8 Å². The van der Waals surface area contributed by atoms with Crippen LogP contribution >= 0.6 is 0 Å². The van der Waals surface area contributed by atoms with Crippen LogP contribution in [0.5, 0.6) is 0 Å². The average molecular weight is 343 g/mol. The van der Waals surface area contributed by atoms with Gasteiger partial charge in [-0.1, -0.05) is 23.8 Å². The van der Waals surface area contributed by atoms with E-state index in [0.29, 0.717) is 5.70 Å². The Labute approximate surface area is 148 Å². The van der Waals surface area contributed by atoms with Crippen LogP contribution in [0, 0.1) is 19.8 Å². The van der Waals surface area contributed by atoms with Crippen LogP contribution in [0.15, 0.2) is 30.1 Å². The molecule has 6 heteroatoms. The molecule has 1 aromatic rings. The minimum Gasteiger partial charge on any atom is -0.468 e. The van der Waals surface area contributed by atoms with Crippen LogP contribution in [0.1, 0.15) is 35.6 Å². The molecule has 2 aliphatic rings. The Morgan fingerprint density at radius 3 is 2.68 bits per heavy atom. The van der Waals surface area contributed by atoms with Gasteiger partial charge in [-0.2, -0.15) is 0 Å². The Morgan fingerprint density at radius 1 is 1.28 bits per heavy atom. The Kier molecular flexibility index (Phi) is 4.97. The second kappa shape index (κ2) is 7.17. The first-order valence-corrected chi connectivity index (χ1v) is 8.68. The van der Waals surface area contributed by atoms with Crippen molar-refractivity contribution < 1.29 is 14.3 Å². The minimum absolute atomic E-state index is 0.295. The van der Waals surface area contributed by atoms with Crippen molar-refractivity contribution in [3.63, 3.8) is 0 Å². The molecule has 0 saturated carbocycles. The molecule has 2 amide bonds. The van der Waals surface area contributed by atoms with E-state index < -0.39 is 12.0 Å². The first-order valence-electron chi connectivity index (χ1n) is 8.68. The molecule has 0 unspecified atom stereocenters. The lowest BCUT2D eigenvalue weighted by atomic mass is 9.86. The van der Waals surface area contributed by atoms with E-state index in [0.717, 1.165) is 42.6 Å². The summed E-state index contributed by atoms with van der Waals surface area (Å²) in [7, 11) is 1.38. The number of rotatable bonds is 3. The molecule has 0 radical (unpaired) electrons. The number of carbonyl (C=O) groups excluding carboxylic acids is 2. The molecule has 2 fully saturated rings. The number of nitrogens with zero attached hydrogens (tertiary/aromatic N) is 1. The first-order chi connectivity index (χ1) is 12.0. The fourth-order valence-corrected chi connectivity index (χ4v) is 3.57. The fraction of sp³-hybridized carbons (Fsp3) is 0.474. The predicted octanol–water partition coefficient (Wildman–Crippen LogP) is 2.38. The first kappa shape index (κ1) is 17.3. The van der Waals surface area contributed by atoms with Gasteiger partial charge in [0.1, 0.15) is 5.92 Å². The smallest absolute Gasteiger partial charge is 0.319 e. The molecule has 25 heavy (non-hydrogen) atoms. The number of methoxy groups -OCH3 is 1. The van der Waals surface area contributed by atoms with Crippen molar-refractivity contribution in [1.82, 2.24) is 15.5 Å². The molecule has 0 spiro atoms. The van der Waals surface area contributed by atoms with Crippen molar-refractivity contribution in [3.8, 4) is 0 Å². The molecular formula is C19H25N3O3. The van der Waals surface area contributed by atoms with Crippen molar-refractivity contribution in [2.24, 2.45) is 5.92 Å². The maximum Gasteiger partial charge on any atom is 0.319 e. The van der Waals surface area contributed by atoms with Gasteiger partial charge in [0.05, 0.1) is 18.8 Å². The molecule has 2 saturated heterocycles. The number of urea groups is 1. The summed E-state index contributed by atoms with van der Waals surface area (Å²) in [6.45, 7) is 5.87. The van der Waals surface area contributed by atoms with Gasteiger partial charge < -0.3 is 20.3 Å². The maximum absolute atomic E-state index is 12.6. The number of hydrogen-bond acceptors (Lipinski definition) is 4. The number of amides is 2. The van der Waals surface area contributed by atoms with Gasteiger partial charge in [-0.15, -0.1) is 0 Å². The molecule has 2 aliphatic heterocycles. The summed E-state index contributed by atoms with van der Waals surface area (Å²) in [5, 5.41) is 5.72. The van der Waals surface area contributed by atoms with E-state index in [4.69, 9.17) is 4.74 Å². The standard InChI is InChI=1S/C19H25N3O3/c1-12-6-7-13(2)14(10-12)17-16(18(23)25-3)15(20-19(24)21-17)11-22-8-4-5-9-22/h6-7,10-11,16-17H,4-5,8-9H2,1-3H3,(H2,20,21,24)/t16-,17+/m0/s1. The summed E-state index contributed by atoms with van der Waals surface area (Å²) < 4.78 is 5.05. The number of esters is 1.